The maximum absolute atomic E-state index is 11.1. The van der Waals surface area contributed by atoms with E-state index in [0.29, 0.717) is 31.3 Å². The van der Waals surface area contributed by atoms with Gasteiger partial charge in [0.2, 0.25) is 5.58 Å². The molecular formula is C48H53N3O13S5. The summed E-state index contributed by atoms with van der Waals surface area (Å²) in [6.07, 6.45) is 5.44. The third-order valence-corrected chi connectivity index (χ3v) is 13.8. The minimum Gasteiger partial charge on any atom is -0.744 e. The maximum atomic E-state index is 11.1. The van der Waals surface area contributed by atoms with Crippen LogP contribution in [0.5, 0.6) is 0 Å². The molecule has 2 aliphatic rings. The lowest BCUT2D eigenvalue weighted by atomic mass is 10.2. The van der Waals surface area contributed by atoms with Crippen molar-refractivity contribution in [1.29, 1.82) is 0 Å². The zero-order chi connectivity index (χ0) is 49.4. The van der Waals surface area contributed by atoms with Crippen LogP contribution in [0, 0.1) is 18.7 Å². The number of hydrogen-bond donors (Lipinski definition) is 0. The van der Waals surface area contributed by atoms with Crippen molar-refractivity contribution in [3.05, 3.63) is 137 Å². The molecule has 368 valence electrons. The van der Waals surface area contributed by atoms with Crippen LogP contribution < -0.4 is 4.57 Å². The number of aryl methyl sites for hydroxylation is 4. The molecular weight excluding hydrogens is 987 g/mol. The molecule has 0 bridgehead atoms. The van der Waals surface area contributed by atoms with Gasteiger partial charge >= 0.3 is 5.22 Å². The fourth-order valence-electron chi connectivity index (χ4n) is 6.66. The Morgan fingerprint density at radius 3 is 1.78 bits per heavy atom. The molecule has 0 spiro atoms. The van der Waals surface area contributed by atoms with Gasteiger partial charge in [-0.2, -0.15) is 13.0 Å². The Bertz CT molecular complexity index is 3110. The number of fused-ring (bicyclic) bond motifs is 3. The normalized spacial score (nSPS) is 14.1. The highest BCUT2D eigenvalue weighted by molar-refractivity contribution is 7.98. The maximum Gasteiger partial charge on any atom is 0.412 e. The molecule has 0 atom stereocenters. The highest BCUT2D eigenvalue weighted by Gasteiger charge is 2.25. The molecule has 3 aromatic heterocycles. The Morgan fingerprint density at radius 1 is 0.681 bits per heavy atom. The monoisotopic (exact) mass is 1040 g/mol. The molecule has 0 radical (unpaired) electrons. The Kier molecular flexibility index (Phi) is 20.0. The van der Waals surface area contributed by atoms with Crippen molar-refractivity contribution in [2.24, 2.45) is 0 Å². The lowest BCUT2D eigenvalue weighted by molar-refractivity contribution is -0.718. The van der Waals surface area contributed by atoms with Crippen molar-refractivity contribution in [2.45, 2.75) is 72.6 Å². The summed E-state index contributed by atoms with van der Waals surface area (Å²) in [5.41, 5.74) is 7.63. The van der Waals surface area contributed by atoms with E-state index in [1.807, 2.05) is 97.7 Å². The Hall–Kier alpha value is -4.91. The van der Waals surface area contributed by atoms with Crippen molar-refractivity contribution in [1.82, 2.24) is 9.55 Å². The number of nitrogens with zero attached hydrogens (tertiary/aromatic N) is 3. The van der Waals surface area contributed by atoms with Crippen molar-refractivity contribution in [3.8, 4) is 0 Å². The number of rotatable bonds is 11. The zero-order valence-corrected chi connectivity index (χ0v) is 42.6. The van der Waals surface area contributed by atoms with Crippen LogP contribution in [0.15, 0.2) is 155 Å². The standard InChI is InChI=1S/C13H16NO3S.C12H13NO3S.C8H7NOS.C8H10O3S.C7H8O3S/c1-18-13-14(7-6-12-15-8-9-16-12)10-4-2-3-5-11(10)17-13;17-12-13(6-5-11-14-7-8-15-11)9-3-1-2-4-10(9)16-12;1-11-8-9-6-4-2-3-5-7(6)10-8;1-7-3-5-8(6-4-7)12(9,10)11-2;1-6-2-4-7(5-3-6)11(8,9)10/h2-5,12H,6-9H2,1H3;1-4,11H,5-8H2;2-5H,1H3;3-6H,1-2H3;2-5H,1H3,(H,8,9,10)/q+1;;;;/p-1. The van der Waals surface area contributed by atoms with Gasteiger partial charge in [0.25, 0.3) is 25.7 Å². The molecule has 2 fully saturated rings. The molecule has 0 amide bonds. The summed E-state index contributed by atoms with van der Waals surface area (Å²) in [7, 11) is -6.64. The van der Waals surface area contributed by atoms with Gasteiger partial charge in [0.1, 0.15) is 15.6 Å². The molecule has 2 aliphatic heterocycles. The molecule has 16 nitrogen and oxygen atoms in total. The highest BCUT2D eigenvalue weighted by atomic mass is 32.2. The lowest BCUT2D eigenvalue weighted by Gasteiger charge is -2.09. The van der Waals surface area contributed by atoms with E-state index >= 15 is 0 Å². The molecule has 8 aromatic rings. The van der Waals surface area contributed by atoms with Crippen LogP contribution in [0.25, 0.3) is 33.3 Å². The van der Waals surface area contributed by atoms with E-state index < -0.39 is 20.2 Å². The van der Waals surface area contributed by atoms with Crippen LogP contribution in [-0.4, -0.2) is 89.6 Å². The summed E-state index contributed by atoms with van der Waals surface area (Å²) < 4.78 is 100. The summed E-state index contributed by atoms with van der Waals surface area (Å²) in [5, 5.41) is 1.65. The van der Waals surface area contributed by atoms with Gasteiger partial charge in [0, 0.05) is 19.0 Å². The van der Waals surface area contributed by atoms with E-state index in [4.69, 9.17) is 44.4 Å². The molecule has 2 saturated heterocycles. The quantitative estimate of drug-likeness (QED) is 0.0389. The summed E-state index contributed by atoms with van der Waals surface area (Å²) in [4.78, 5) is 4.74. The van der Waals surface area contributed by atoms with Gasteiger partial charge in [-0.3, -0.25) is 8.75 Å². The number of aromatic nitrogens is 3. The van der Waals surface area contributed by atoms with Crippen molar-refractivity contribution >= 4 is 89.3 Å². The van der Waals surface area contributed by atoms with E-state index in [1.165, 1.54) is 36.0 Å². The molecule has 0 N–H and O–H groups in total. The van der Waals surface area contributed by atoms with Crippen LogP contribution >= 0.6 is 35.7 Å². The minimum absolute atomic E-state index is 0.0686. The predicted octanol–water partition coefficient (Wildman–Crippen LogP) is 9.71. The second-order valence-electron chi connectivity index (χ2n) is 15.0. The topological polar surface area (TPSA) is 199 Å². The summed E-state index contributed by atoms with van der Waals surface area (Å²) in [6, 6.07) is 36.0. The minimum atomic E-state index is -4.27. The molecule has 10 rings (SSSR count). The summed E-state index contributed by atoms with van der Waals surface area (Å²) in [5.74, 6) is 0. The first-order valence-electron chi connectivity index (χ1n) is 21.5. The van der Waals surface area contributed by atoms with Gasteiger partial charge in [0.15, 0.2) is 30.3 Å². The van der Waals surface area contributed by atoms with Gasteiger partial charge < -0.3 is 36.8 Å². The van der Waals surface area contributed by atoms with Crippen LogP contribution in [-0.2, 0) is 56.5 Å². The molecule has 69 heavy (non-hydrogen) atoms. The zero-order valence-electron chi connectivity index (χ0n) is 38.5. The second kappa shape index (κ2) is 25.8. The number of oxazole rings is 3. The Balaban J connectivity index is 0.000000144. The fraction of sp³-hybridized carbons (Fsp3) is 0.312. The van der Waals surface area contributed by atoms with Crippen LogP contribution in [0.3, 0.4) is 0 Å². The van der Waals surface area contributed by atoms with Crippen molar-refractivity contribution in [2.75, 3.05) is 46.0 Å². The smallest absolute Gasteiger partial charge is 0.412 e. The molecule has 0 saturated carbocycles. The first kappa shape index (κ1) is 53.4. The van der Waals surface area contributed by atoms with Crippen molar-refractivity contribution in [3.63, 3.8) is 0 Å². The van der Waals surface area contributed by atoms with Crippen molar-refractivity contribution < 1.29 is 62.3 Å². The van der Waals surface area contributed by atoms with Crippen LogP contribution in [0.2, 0.25) is 0 Å². The summed E-state index contributed by atoms with van der Waals surface area (Å²) >= 11 is 8.34. The predicted molar refractivity (Wildman–Crippen MR) is 264 cm³/mol. The molecule has 0 unspecified atom stereocenters. The highest BCUT2D eigenvalue weighted by Crippen LogP contribution is 2.23. The van der Waals surface area contributed by atoms with E-state index in [1.54, 1.807) is 36.0 Å². The van der Waals surface area contributed by atoms with Gasteiger partial charge in [-0.25, -0.2) is 13.4 Å². The number of para-hydroxylation sites is 6. The van der Waals surface area contributed by atoms with Gasteiger partial charge in [-0.15, -0.1) is 0 Å². The molecule has 5 aromatic carbocycles. The van der Waals surface area contributed by atoms with Gasteiger partial charge in [0.05, 0.1) is 55.3 Å². The van der Waals surface area contributed by atoms with E-state index in [2.05, 4.69) is 19.8 Å². The number of hydrogen-bond acceptors (Lipinski definition) is 17. The van der Waals surface area contributed by atoms with E-state index in [0.717, 1.165) is 87.9 Å². The Morgan fingerprint density at radius 2 is 1.22 bits per heavy atom. The number of thioether (sulfide) groups is 2. The first-order valence-corrected chi connectivity index (χ1v) is 27.2. The average molecular weight is 1040 g/mol. The third kappa shape index (κ3) is 15.5. The van der Waals surface area contributed by atoms with Crippen LogP contribution in [0.4, 0.5) is 0 Å². The second-order valence-corrected chi connectivity index (χ2v) is 19.9. The van der Waals surface area contributed by atoms with Gasteiger partial charge in [-0.1, -0.05) is 83.6 Å². The number of ether oxygens (including phenoxy) is 4. The third-order valence-electron chi connectivity index (χ3n) is 10.2. The molecule has 5 heterocycles. The summed E-state index contributed by atoms with van der Waals surface area (Å²) in [6.45, 7) is 8.08. The van der Waals surface area contributed by atoms with E-state index in [9.17, 15) is 21.4 Å². The largest absolute Gasteiger partial charge is 0.744 e. The lowest BCUT2D eigenvalue weighted by Crippen LogP contribution is -2.36. The number of benzene rings is 5. The molecule has 21 heteroatoms. The fourth-order valence-corrected chi connectivity index (χ4v) is 9.02. The Labute approximate surface area is 414 Å². The SMILES string of the molecule is COS(=O)(=O)c1ccc(C)cc1.CSc1nc2ccccc2o1.CSc1oc2ccccc2[n+]1CCC1OCCO1.Cc1ccc(S(=O)(=O)[O-])cc1.S=c1oc2ccccc2n1CCC1OCCO1. The molecule has 0 aliphatic carbocycles. The van der Waals surface area contributed by atoms with Gasteiger partial charge in [-0.05, 0) is 105 Å². The van der Waals surface area contributed by atoms with E-state index in [-0.39, 0.29) is 22.4 Å². The average Bonchev–Trinajstić information content (AvgIpc) is 4.22. The first-order chi connectivity index (χ1) is 33.2. The van der Waals surface area contributed by atoms with Crippen LogP contribution in [0.1, 0.15) is 24.0 Å².